The van der Waals surface area contributed by atoms with E-state index in [0.717, 1.165) is 5.56 Å². The summed E-state index contributed by atoms with van der Waals surface area (Å²) in [6.07, 6.45) is 0.309. The van der Waals surface area contributed by atoms with E-state index in [2.05, 4.69) is 31.3 Å². The Kier molecular flexibility index (Phi) is 6.36. The molecule has 0 aliphatic heterocycles. The molecule has 0 saturated heterocycles. The van der Waals surface area contributed by atoms with Gasteiger partial charge in [0.25, 0.3) is 0 Å². The highest BCUT2D eigenvalue weighted by Gasteiger charge is 2.18. The lowest BCUT2D eigenvalue weighted by Crippen LogP contribution is -2.32. The monoisotopic (exact) mass is 310 g/mol. The lowest BCUT2D eigenvalue weighted by atomic mass is 9.88. The predicted octanol–water partition coefficient (Wildman–Crippen LogP) is 3.63. The van der Waals surface area contributed by atoms with Gasteiger partial charge in [-0.3, -0.25) is 4.79 Å². The fraction of sp³-hybridized carbons (Fsp3) is 0.350. The van der Waals surface area contributed by atoms with Gasteiger partial charge in [0.2, 0.25) is 5.91 Å². The highest BCUT2D eigenvalue weighted by molar-refractivity contribution is 5.76. The normalized spacial score (nSPS) is 13.6. The highest BCUT2D eigenvalue weighted by Crippen LogP contribution is 2.23. The summed E-state index contributed by atoms with van der Waals surface area (Å²) in [5.74, 6) is 0.775. The van der Waals surface area contributed by atoms with Crippen LogP contribution in [0.1, 0.15) is 43.4 Å². The van der Waals surface area contributed by atoms with Gasteiger partial charge in [-0.1, -0.05) is 74.5 Å². The molecule has 0 fully saturated rings. The molecule has 2 aromatic rings. The minimum absolute atomic E-state index is 0.00272. The van der Waals surface area contributed by atoms with Crippen LogP contribution in [-0.4, -0.2) is 12.5 Å². The van der Waals surface area contributed by atoms with Gasteiger partial charge in [-0.25, -0.2) is 0 Å². The first-order valence-corrected chi connectivity index (χ1v) is 8.20. The maximum Gasteiger partial charge on any atom is 0.221 e. The zero-order valence-electron chi connectivity index (χ0n) is 13.9. The summed E-state index contributed by atoms with van der Waals surface area (Å²) in [6.45, 7) is 5.00. The smallest absolute Gasteiger partial charge is 0.221 e. The number of rotatable bonds is 7. The second kappa shape index (κ2) is 8.49. The molecule has 0 saturated carbocycles. The minimum Gasteiger partial charge on any atom is -0.355 e. The fourth-order valence-corrected chi connectivity index (χ4v) is 2.75. The van der Waals surface area contributed by atoms with Gasteiger partial charge in [-0.2, -0.15) is 0 Å². The van der Waals surface area contributed by atoms with Crippen LogP contribution in [-0.2, 0) is 4.79 Å². The van der Waals surface area contributed by atoms with E-state index in [1.165, 1.54) is 5.56 Å². The number of carbonyl (C=O) groups excluding carboxylic acids is 1. The van der Waals surface area contributed by atoms with Crippen LogP contribution in [0.4, 0.5) is 0 Å². The van der Waals surface area contributed by atoms with Crippen LogP contribution in [0.5, 0.6) is 0 Å². The van der Waals surface area contributed by atoms with E-state index >= 15 is 0 Å². The van der Waals surface area contributed by atoms with E-state index in [1.807, 2.05) is 48.5 Å². The molecule has 2 rings (SSSR count). The summed E-state index contributed by atoms with van der Waals surface area (Å²) in [5.41, 5.74) is 8.36. The zero-order chi connectivity index (χ0) is 16.7. The molecule has 0 aliphatic rings. The summed E-state index contributed by atoms with van der Waals surface area (Å²) < 4.78 is 0. The van der Waals surface area contributed by atoms with Gasteiger partial charge < -0.3 is 11.1 Å². The molecule has 1 amide bonds. The molecule has 0 radical (unpaired) electrons. The minimum atomic E-state index is -0.259. The predicted molar refractivity (Wildman–Crippen MR) is 95.0 cm³/mol. The van der Waals surface area contributed by atoms with E-state index < -0.39 is 0 Å². The molecule has 0 aromatic heterocycles. The van der Waals surface area contributed by atoms with Crippen LogP contribution >= 0.6 is 0 Å². The largest absolute Gasteiger partial charge is 0.355 e. The van der Waals surface area contributed by atoms with Gasteiger partial charge in [0, 0.05) is 24.9 Å². The molecule has 2 unspecified atom stereocenters. The average molecular weight is 310 g/mol. The molecule has 3 heteroatoms. The SMILES string of the molecule is CC(C)C(CNC(=O)CC(N)c1ccccc1)c1ccccc1. The lowest BCUT2D eigenvalue weighted by Gasteiger charge is -2.22. The topological polar surface area (TPSA) is 55.1 Å². The first kappa shape index (κ1) is 17.2. The van der Waals surface area contributed by atoms with Crippen LogP contribution in [0.2, 0.25) is 0 Å². The molecule has 0 spiro atoms. The summed E-state index contributed by atoms with van der Waals surface area (Å²) >= 11 is 0. The van der Waals surface area contributed by atoms with Gasteiger partial charge in [-0.15, -0.1) is 0 Å². The molecule has 2 aromatic carbocycles. The van der Waals surface area contributed by atoms with E-state index in [0.29, 0.717) is 24.8 Å². The number of carbonyl (C=O) groups is 1. The maximum atomic E-state index is 12.2. The molecular formula is C20H26N2O. The van der Waals surface area contributed by atoms with Crippen molar-refractivity contribution in [2.45, 2.75) is 32.2 Å². The Morgan fingerprint density at radius 3 is 2.00 bits per heavy atom. The van der Waals surface area contributed by atoms with Crippen molar-refractivity contribution in [2.75, 3.05) is 6.54 Å². The van der Waals surface area contributed by atoms with Crippen molar-refractivity contribution in [1.29, 1.82) is 0 Å². The van der Waals surface area contributed by atoms with Gasteiger partial charge in [0.15, 0.2) is 0 Å². The fourth-order valence-electron chi connectivity index (χ4n) is 2.75. The Balaban J connectivity index is 1.89. The van der Waals surface area contributed by atoms with Crippen LogP contribution in [0.15, 0.2) is 60.7 Å². The van der Waals surface area contributed by atoms with Gasteiger partial charge in [-0.05, 0) is 17.0 Å². The Labute approximate surface area is 138 Å². The second-order valence-electron chi connectivity index (χ2n) is 6.29. The van der Waals surface area contributed by atoms with Crippen LogP contribution < -0.4 is 11.1 Å². The first-order valence-electron chi connectivity index (χ1n) is 8.20. The quantitative estimate of drug-likeness (QED) is 0.820. The Morgan fingerprint density at radius 1 is 0.957 bits per heavy atom. The van der Waals surface area contributed by atoms with Crippen LogP contribution in [0, 0.1) is 5.92 Å². The standard InChI is InChI=1S/C20H26N2O/c1-15(2)18(16-9-5-3-6-10-16)14-22-20(23)13-19(21)17-11-7-4-8-12-17/h3-12,15,18-19H,13-14,21H2,1-2H3,(H,22,23). The van der Waals surface area contributed by atoms with Crippen LogP contribution in [0.3, 0.4) is 0 Å². The second-order valence-corrected chi connectivity index (χ2v) is 6.29. The van der Waals surface area contributed by atoms with Gasteiger partial charge >= 0.3 is 0 Å². The summed E-state index contributed by atoms with van der Waals surface area (Å²) in [5, 5.41) is 3.04. The van der Waals surface area contributed by atoms with Crippen molar-refractivity contribution in [3.63, 3.8) is 0 Å². The van der Waals surface area contributed by atoms with E-state index in [-0.39, 0.29) is 11.9 Å². The summed E-state index contributed by atoms with van der Waals surface area (Å²) in [4.78, 5) is 12.2. The van der Waals surface area contributed by atoms with E-state index in [4.69, 9.17) is 5.73 Å². The summed E-state index contributed by atoms with van der Waals surface area (Å²) in [7, 11) is 0. The molecule has 3 nitrogen and oxygen atoms in total. The Morgan fingerprint density at radius 2 is 1.48 bits per heavy atom. The van der Waals surface area contributed by atoms with Gasteiger partial charge in [0.05, 0.1) is 0 Å². The Bertz CT molecular complexity index is 596. The van der Waals surface area contributed by atoms with Crippen molar-refractivity contribution in [2.24, 2.45) is 11.7 Å². The van der Waals surface area contributed by atoms with E-state index in [1.54, 1.807) is 0 Å². The molecule has 0 heterocycles. The van der Waals surface area contributed by atoms with Crippen LogP contribution in [0.25, 0.3) is 0 Å². The number of hydrogen-bond donors (Lipinski definition) is 2. The van der Waals surface area contributed by atoms with Crippen molar-refractivity contribution in [1.82, 2.24) is 5.32 Å². The highest BCUT2D eigenvalue weighted by atomic mass is 16.1. The third-order valence-corrected chi connectivity index (χ3v) is 4.18. The molecule has 0 bridgehead atoms. The van der Waals surface area contributed by atoms with Crippen molar-refractivity contribution < 1.29 is 4.79 Å². The number of benzene rings is 2. The Hall–Kier alpha value is -2.13. The molecule has 0 aliphatic carbocycles. The third-order valence-electron chi connectivity index (χ3n) is 4.18. The third kappa shape index (κ3) is 5.22. The van der Waals surface area contributed by atoms with E-state index in [9.17, 15) is 4.79 Å². The number of nitrogens with two attached hydrogens (primary N) is 1. The number of hydrogen-bond acceptors (Lipinski definition) is 2. The molecule has 2 atom stereocenters. The number of amides is 1. The first-order chi connectivity index (χ1) is 11.1. The average Bonchev–Trinajstić information content (AvgIpc) is 2.56. The number of nitrogens with one attached hydrogen (secondary N) is 1. The van der Waals surface area contributed by atoms with Gasteiger partial charge in [0.1, 0.15) is 0 Å². The molecule has 23 heavy (non-hydrogen) atoms. The zero-order valence-corrected chi connectivity index (χ0v) is 13.9. The van der Waals surface area contributed by atoms with Crippen molar-refractivity contribution >= 4 is 5.91 Å². The molecule has 3 N–H and O–H groups in total. The lowest BCUT2D eigenvalue weighted by molar-refractivity contribution is -0.121. The maximum absolute atomic E-state index is 12.2. The summed E-state index contributed by atoms with van der Waals surface area (Å²) in [6, 6.07) is 19.8. The van der Waals surface area contributed by atoms with Crippen molar-refractivity contribution in [3.05, 3.63) is 71.8 Å². The molecule has 122 valence electrons. The molecular weight excluding hydrogens is 284 g/mol. The van der Waals surface area contributed by atoms with Crippen molar-refractivity contribution in [3.8, 4) is 0 Å².